The molecule has 102 valence electrons. The van der Waals surface area contributed by atoms with Crippen molar-refractivity contribution in [2.24, 2.45) is 0 Å². The fourth-order valence-electron chi connectivity index (χ4n) is 3.08. The Morgan fingerprint density at radius 2 is 2.11 bits per heavy atom. The Morgan fingerprint density at radius 1 is 1.37 bits per heavy atom. The van der Waals surface area contributed by atoms with Crippen LogP contribution >= 0.6 is 11.6 Å². The summed E-state index contributed by atoms with van der Waals surface area (Å²) in [6, 6.07) is 5.98. The van der Waals surface area contributed by atoms with E-state index in [1.54, 1.807) is 0 Å². The Balaban J connectivity index is 2.17. The maximum atomic E-state index is 6.13. The van der Waals surface area contributed by atoms with Gasteiger partial charge in [0.25, 0.3) is 0 Å². The lowest BCUT2D eigenvalue weighted by molar-refractivity contribution is 0.310. The number of aromatic nitrogens is 2. The highest BCUT2D eigenvalue weighted by Gasteiger charge is 2.33. The fraction of sp³-hybridized carbons (Fsp3) is 0.533. The quantitative estimate of drug-likeness (QED) is 0.912. The van der Waals surface area contributed by atoms with Crippen LogP contribution in [-0.2, 0) is 12.0 Å². The monoisotopic (exact) mass is 277 g/mol. The van der Waals surface area contributed by atoms with Crippen LogP contribution in [0.1, 0.15) is 32.5 Å². The number of imidazole rings is 1. The Hall–Kier alpha value is -1.06. The van der Waals surface area contributed by atoms with Gasteiger partial charge in [0.1, 0.15) is 5.82 Å². The molecule has 0 bridgehead atoms. The van der Waals surface area contributed by atoms with Gasteiger partial charge in [0.05, 0.1) is 11.0 Å². The summed E-state index contributed by atoms with van der Waals surface area (Å²) in [5, 5.41) is 4.21. The average Bonchev–Trinajstić information content (AvgIpc) is 2.78. The highest BCUT2D eigenvalue weighted by molar-refractivity contribution is 6.31. The van der Waals surface area contributed by atoms with E-state index in [-0.39, 0.29) is 5.41 Å². The van der Waals surface area contributed by atoms with Gasteiger partial charge < -0.3 is 9.88 Å². The van der Waals surface area contributed by atoms with E-state index in [4.69, 9.17) is 16.6 Å². The molecule has 0 radical (unpaired) electrons. The first kappa shape index (κ1) is 12.9. The van der Waals surface area contributed by atoms with Crippen molar-refractivity contribution in [1.82, 2.24) is 14.9 Å². The van der Waals surface area contributed by atoms with Crippen LogP contribution in [0, 0.1) is 0 Å². The largest absolute Gasteiger partial charge is 0.328 e. The van der Waals surface area contributed by atoms with E-state index in [0.29, 0.717) is 0 Å². The fourth-order valence-corrected chi connectivity index (χ4v) is 3.25. The average molecular weight is 278 g/mol. The van der Waals surface area contributed by atoms with Crippen molar-refractivity contribution < 1.29 is 0 Å². The van der Waals surface area contributed by atoms with Crippen LogP contribution in [-0.4, -0.2) is 22.6 Å². The third kappa shape index (κ3) is 2.15. The minimum Gasteiger partial charge on any atom is -0.328 e. The van der Waals surface area contributed by atoms with E-state index in [0.717, 1.165) is 48.5 Å². The maximum absolute atomic E-state index is 6.13. The molecule has 1 aliphatic rings. The Bertz CT molecular complexity index is 597. The number of hydrogen-bond donors (Lipinski definition) is 1. The van der Waals surface area contributed by atoms with Gasteiger partial charge in [-0.25, -0.2) is 4.98 Å². The van der Waals surface area contributed by atoms with Crippen LogP contribution in [0.2, 0.25) is 5.02 Å². The maximum Gasteiger partial charge on any atom is 0.115 e. The zero-order valence-corrected chi connectivity index (χ0v) is 12.3. The SMILES string of the molecule is CCn1c(C2(C)CCNCC2)nc2ccc(Cl)cc21. The van der Waals surface area contributed by atoms with Crippen molar-refractivity contribution in [1.29, 1.82) is 0 Å². The summed E-state index contributed by atoms with van der Waals surface area (Å²) in [6.45, 7) is 7.60. The molecule has 1 saturated heterocycles. The van der Waals surface area contributed by atoms with Crippen molar-refractivity contribution in [3.8, 4) is 0 Å². The zero-order valence-electron chi connectivity index (χ0n) is 11.5. The molecule has 2 heterocycles. The number of benzene rings is 1. The second kappa shape index (κ2) is 4.80. The number of halogens is 1. The highest BCUT2D eigenvalue weighted by Crippen LogP contribution is 2.34. The Kier molecular flexibility index (Phi) is 3.27. The molecular weight excluding hydrogens is 258 g/mol. The summed E-state index contributed by atoms with van der Waals surface area (Å²) in [7, 11) is 0. The molecule has 1 N–H and O–H groups in total. The first-order chi connectivity index (χ1) is 9.14. The van der Waals surface area contributed by atoms with Gasteiger partial charge in [-0.1, -0.05) is 18.5 Å². The first-order valence-electron chi connectivity index (χ1n) is 7.01. The lowest BCUT2D eigenvalue weighted by Gasteiger charge is -2.33. The van der Waals surface area contributed by atoms with Crippen molar-refractivity contribution in [2.45, 2.75) is 38.6 Å². The van der Waals surface area contributed by atoms with E-state index in [1.165, 1.54) is 5.82 Å². The molecule has 19 heavy (non-hydrogen) atoms. The standard InChI is InChI=1S/C15H20ClN3/c1-3-19-13-10-11(16)4-5-12(13)18-14(19)15(2)6-8-17-9-7-15/h4-5,10,17H,3,6-9H2,1-2H3. The number of aryl methyl sites for hydroxylation is 1. The van der Waals surface area contributed by atoms with Gasteiger partial charge in [-0.3, -0.25) is 0 Å². The number of piperidine rings is 1. The van der Waals surface area contributed by atoms with Gasteiger partial charge in [-0.15, -0.1) is 0 Å². The van der Waals surface area contributed by atoms with Gasteiger partial charge in [0, 0.05) is 17.0 Å². The Labute approximate surface area is 119 Å². The van der Waals surface area contributed by atoms with Crippen molar-refractivity contribution in [2.75, 3.05) is 13.1 Å². The van der Waals surface area contributed by atoms with Gasteiger partial charge in [-0.05, 0) is 51.1 Å². The summed E-state index contributed by atoms with van der Waals surface area (Å²) in [4.78, 5) is 4.90. The Morgan fingerprint density at radius 3 is 2.79 bits per heavy atom. The number of nitrogens with one attached hydrogen (secondary N) is 1. The lowest BCUT2D eigenvalue weighted by atomic mass is 9.80. The molecule has 3 rings (SSSR count). The second-order valence-electron chi connectivity index (χ2n) is 5.62. The predicted octanol–water partition coefficient (Wildman–Crippen LogP) is 3.35. The normalized spacial score (nSPS) is 18.9. The molecule has 1 fully saturated rings. The van der Waals surface area contributed by atoms with Gasteiger partial charge >= 0.3 is 0 Å². The van der Waals surface area contributed by atoms with Gasteiger partial charge in [0.2, 0.25) is 0 Å². The van der Waals surface area contributed by atoms with Gasteiger partial charge in [-0.2, -0.15) is 0 Å². The van der Waals surface area contributed by atoms with Crippen LogP contribution in [0.5, 0.6) is 0 Å². The van der Waals surface area contributed by atoms with Crippen molar-refractivity contribution >= 4 is 22.6 Å². The van der Waals surface area contributed by atoms with E-state index < -0.39 is 0 Å². The first-order valence-corrected chi connectivity index (χ1v) is 7.39. The van der Waals surface area contributed by atoms with Crippen LogP contribution in [0.25, 0.3) is 11.0 Å². The third-order valence-electron chi connectivity index (χ3n) is 4.27. The molecule has 0 unspecified atom stereocenters. The second-order valence-corrected chi connectivity index (χ2v) is 6.06. The molecule has 0 amide bonds. The molecule has 1 aromatic carbocycles. The van der Waals surface area contributed by atoms with E-state index in [2.05, 4.69) is 23.7 Å². The molecule has 0 spiro atoms. The minimum atomic E-state index is 0.173. The van der Waals surface area contributed by atoms with E-state index >= 15 is 0 Å². The smallest absolute Gasteiger partial charge is 0.115 e. The molecule has 0 aliphatic carbocycles. The molecule has 0 saturated carbocycles. The number of hydrogen-bond acceptors (Lipinski definition) is 2. The van der Waals surface area contributed by atoms with Crippen LogP contribution in [0.4, 0.5) is 0 Å². The van der Waals surface area contributed by atoms with E-state index in [9.17, 15) is 0 Å². The molecule has 0 atom stereocenters. The molecule has 4 heteroatoms. The molecule has 3 nitrogen and oxygen atoms in total. The summed E-state index contributed by atoms with van der Waals surface area (Å²) >= 11 is 6.13. The number of rotatable bonds is 2. The van der Waals surface area contributed by atoms with Crippen LogP contribution < -0.4 is 5.32 Å². The minimum absolute atomic E-state index is 0.173. The number of fused-ring (bicyclic) bond motifs is 1. The molecule has 1 aromatic heterocycles. The van der Waals surface area contributed by atoms with Crippen LogP contribution in [0.3, 0.4) is 0 Å². The molecule has 2 aromatic rings. The zero-order chi connectivity index (χ0) is 13.5. The van der Waals surface area contributed by atoms with E-state index in [1.807, 2.05) is 18.2 Å². The van der Waals surface area contributed by atoms with Gasteiger partial charge in [0.15, 0.2) is 0 Å². The topological polar surface area (TPSA) is 29.9 Å². The molecular formula is C15H20ClN3. The predicted molar refractivity (Wildman–Crippen MR) is 79.9 cm³/mol. The molecule has 1 aliphatic heterocycles. The summed E-state index contributed by atoms with van der Waals surface area (Å²) in [6.07, 6.45) is 2.29. The van der Waals surface area contributed by atoms with Crippen LogP contribution in [0.15, 0.2) is 18.2 Å². The summed E-state index contributed by atoms with van der Waals surface area (Å²) in [5.41, 5.74) is 2.39. The highest BCUT2D eigenvalue weighted by atomic mass is 35.5. The van der Waals surface area contributed by atoms with Crippen molar-refractivity contribution in [3.63, 3.8) is 0 Å². The summed E-state index contributed by atoms with van der Waals surface area (Å²) < 4.78 is 2.33. The van der Waals surface area contributed by atoms with Crippen molar-refractivity contribution in [3.05, 3.63) is 29.0 Å². The lowest BCUT2D eigenvalue weighted by Crippen LogP contribution is -2.39. The number of nitrogens with zero attached hydrogens (tertiary/aromatic N) is 2. The summed E-state index contributed by atoms with van der Waals surface area (Å²) in [5.74, 6) is 1.22. The third-order valence-corrected chi connectivity index (χ3v) is 4.51.